The fourth-order valence-electron chi connectivity index (χ4n) is 2.99. The first-order valence-electron chi connectivity index (χ1n) is 9.79. The van der Waals surface area contributed by atoms with E-state index in [0.717, 1.165) is 21.7 Å². The average Bonchev–Trinajstić information content (AvgIpc) is 2.78. The molecule has 0 fully saturated rings. The van der Waals surface area contributed by atoms with Crippen LogP contribution in [0.5, 0.6) is 11.6 Å². The Morgan fingerprint density at radius 1 is 0.903 bits per heavy atom. The van der Waals surface area contributed by atoms with Crippen molar-refractivity contribution < 1.29 is 9.53 Å². The van der Waals surface area contributed by atoms with Gasteiger partial charge in [0.2, 0.25) is 0 Å². The number of carbonyl (C=O) groups is 1. The summed E-state index contributed by atoms with van der Waals surface area (Å²) in [6.45, 7) is 4.00. The van der Waals surface area contributed by atoms with Crippen molar-refractivity contribution in [2.24, 2.45) is 0 Å². The van der Waals surface area contributed by atoms with E-state index in [0.29, 0.717) is 22.2 Å². The van der Waals surface area contributed by atoms with Gasteiger partial charge in [0.05, 0.1) is 0 Å². The summed E-state index contributed by atoms with van der Waals surface area (Å²) < 4.78 is 5.94. The molecule has 0 radical (unpaired) electrons. The van der Waals surface area contributed by atoms with Gasteiger partial charge >= 0.3 is 0 Å². The largest absolute Gasteiger partial charge is 0.437 e. The van der Waals surface area contributed by atoms with Crippen LogP contribution >= 0.6 is 11.8 Å². The standard InChI is InChI=1S/C25H21N3O2S/c1-17-8-13-22(18(2)16-17)28-23(29)19-9-11-20(12-10-19)30-24-25(27-15-14-26-24)31-21-6-4-3-5-7-21/h3-16H,1-2H3,(H,28,29). The molecule has 31 heavy (non-hydrogen) atoms. The highest BCUT2D eigenvalue weighted by molar-refractivity contribution is 7.99. The predicted molar refractivity (Wildman–Crippen MR) is 123 cm³/mol. The summed E-state index contributed by atoms with van der Waals surface area (Å²) in [5.74, 6) is 0.834. The molecule has 0 spiro atoms. The number of hydrogen-bond donors (Lipinski definition) is 1. The molecule has 1 aromatic heterocycles. The van der Waals surface area contributed by atoms with E-state index in [9.17, 15) is 4.79 Å². The number of ether oxygens (including phenoxy) is 1. The van der Waals surface area contributed by atoms with Gasteiger partial charge in [0, 0.05) is 28.5 Å². The number of nitrogens with zero attached hydrogens (tertiary/aromatic N) is 2. The van der Waals surface area contributed by atoms with Crippen molar-refractivity contribution in [1.82, 2.24) is 9.97 Å². The summed E-state index contributed by atoms with van der Waals surface area (Å²) >= 11 is 1.48. The van der Waals surface area contributed by atoms with Crippen molar-refractivity contribution in [3.8, 4) is 11.6 Å². The lowest BCUT2D eigenvalue weighted by atomic mass is 10.1. The SMILES string of the molecule is Cc1ccc(NC(=O)c2ccc(Oc3nccnc3Sc3ccccc3)cc2)c(C)c1. The highest BCUT2D eigenvalue weighted by atomic mass is 32.2. The van der Waals surface area contributed by atoms with E-state index in [1.807, 2.05) is 62.4 Å². The molecule has 6 heteroatoms. The van der Waals surface area contributed by atoms with Gasteiger partial charge in [-0.15, -0.1) is 0 Å². The number of rotatable bonds is 6. The molecule has 1 amide bonds. The average molecular weight is 428 g/mol. The monoisotopic (exact) mass is 427 g/mol. The second kappa shape index (κ2) is 9.45. The summed E-state index contributed by atoms with van der Waals surface area (Å²) in [6, 6.07) is 22.8. The summed E-state index contributed by atoms with van der Waals surface area (Å²) in [4.78, 5) is 22.4. The Balaban J connectivity index is 1.46. The van der Waals surface area contributed by atoms with E-state index in [1.165, 1.54) is 11.8 Å². The van der Waals surface area contributed by atoms with Gasteiger partial charge in [0.25, 0.3) is 11.8 Å². The number of hydrogen-bond acceptors (Lipinski definition) is 5. The van der Waals surface area contributed by atoms with Crippen molar-refractivity contribution in [1.29, 1.82) is 0 Å². The van der Waals surface area contributed by atoms with Crippen LogP contribution in [0, 0.1) is 13.8 Å². The summed E-state index contributed by atoms with van der Waals surface area (Å²) in [5, 5.41) is 3.63. The van der Waals surface area contributed by atoms with Crippen LogP contribution in [0.1, 0.15) is 21.5 Å². The van der Waals surface area contributed by atoms with E-state index >= 15 is 0 Å². The molecule has 154 valence electrons. The summed E-state index contributed by atoms with van der Waals surface area (Å²) in [5.41, 5.74) is 3.54. The van der Waals surface area contributed by atoms with E-state index in [4.69, 9.17) is 4.74 Å². The Kier molecular flexibility index (Phi) is 6.29. The molecule has 0 saturated carbocycles. The zero-order chi connectivity index (χ0) is 21.6. The van der Waals surface area contributed by atoms with Crippen molar-refractivity contribution >= 4 is 23.4 Å². The van der Waals surface area contributed by atoms with Crippen LogP contribution in [0.4, 0.5) is 5.69 Å². The topological polar surface area (TPSA) is 64.1 Å². The highest BCUT2D eigenvalue weighted by Crippen LogP contribution is 2.33. The van der Waals surface area contributed by atoms with Crippen LogP contribution in [-0.2, 0) is 0 Å². The van der Waals surface area contributed by atoms with Crippen LogP contribution in [0.2, 0.25) is 0 Å². The second-order valence-electron chi connectivity index (χ2n) is 6.98. The van der Waals surface area contributed by atoms with Gasteiger partial charge in [-0.3, -0.25) is 4.79 Å². The Hall–Kier alpha value is -3.64. The lowest BCUT2D eigenvalue weighted by molar-refractivity contribution is 0.102. The van der Waals surface area contributed by atoms with Crippen LogP contribution < -0.4 is 10.1 Å². The maximum atomic E-state index is 12.6. The molecule has 1 heterocycles. The maximum Gasteiger partial charge on any atom is 0.255 e. The van der Waals surface area contributed by atoms with Gasteiger partial charge in [-0.2, -0.15) is 0 Å². The molecule has 0 aliphatic rings. The maximum absolute atomic E-state index is 12.6. The molecule has 0 bridgehead atoms. The smallest absolute Gasteiger partial charge is 0.255 e. The Morgan fingerprint density at radius 2 is 1.65 bits per heavy atom. The Morgan fingerprint density at radius 3 is 2.39 bits per heavy atom. The van der Waals surface area contributed by atoms with Gasteiger partial charge < -0.3 is 10.1 Å². The lowest BCUT2D eigenvalue weighted by Gasteiger charge is -2.11. The molecule has 0 aliphatic heterocycles. The normalized spacial score (nSPS) is 10.5. The van der Waals surface area contributed by atoms with E-state index in [-0.39, 0.29) is 5.91 Å². The molecule has 3 aromatic carbocycles. The van der Waals surface area contributed by atoms with Crippen LogP contribution in [0.3, 0.4) is 0 Å². The first-order chi connectivity index (χ1) is 15.1. The third kappa shape index (κ3) is 5.29. The quantitative estimate of drug-likeness (QED) is 0.392. The number of amides is 1. The van der Waals surface area contributed by atoms with Crippen molar-refractivity contribution in [3.63, 3.8) is 0 Å². The van der Waals surface area contributed by atoms with Crippen molar-refractivity contribution in [2.45, 2.75) is 23.8 Å². The molecule has 0 saturated heterocycles. The van der Waals surface area contributed by atoms with Gasteiger partial charge in [-0.25, -0.2) is 9.97 Å². The molecule has 4 aromatic rings. The van der Waals surface area contributed by atoms with Gasteiger partial charge in [-0.1, -0.05) is 47.7 Å². The number of benzene rings is 3. The molecule has 0 unspecified atom stereocenters. The van der Waals surface area contributed by atoms with E-state index < -0.39 is 0 Å². The molecule has 0 aliphatic carbocycles. The van der Waals surface area contributed by atoms with Gasteiger partial charge in [0.1, 0.15) is 5.75 Å². The van der Waals surface area contributed by atoms with Crippen LogP contribution in [0.25, 0.3) is 0 Å². The third-order valence-electron chi connectivity index (χ3n) is 4.55. The first-order valence-corrected chi connectivity index (χ1v) is 10.6. The molecule has 0 atom stereocenters. The minimum Gasteiger partial charge on any atom is -0.437 e. The second-order valence-corrected chi connectivity index (χ2v) is 8.04. The number of aryl methyl sites for hydroxylation is 2. The van der Waals surface area contributed by atoms with E-state index in [2.05, 4.69) is 15.3 Å². The summed E-state index contributed by atoms with van der Waals surface area (Å²) in [6.07, 6.45) is 3.23. The molecule has 5 nitrogen and oxygen atoms in total. The van der Waals surface area contributed by atoms with Crippen LogP contribution in [0.15, 0.2) is 95.1 Å². The van der Waals surface area contributed by atoms with Crippen molar-refractivity contribution in [2.75, 3.05) is 5.32 Å². The molecule has 1 N–H and O–H groups in total. The Bertz CT molecular complexity index is 1200. The number of anilines is 1. The minimum atomic E-state index is -0.168. The fourth-order valence-corrected chi connectivity index (χ4v) is 3.80. The lowest BCUT2D eigenvalue weighted by Crippen LogP contribution is -2.12. The number of aromatic nitrogens is 2. The number of carbonyl (C=O) groups excluding carboxylic acids is 1. The molecule has 4 rings (SSSR count). The third-order valence-corrected chi connectivity index (χ3v) is 5.53. The molecular formula is C25H21N3O2S. The highest BCUT2D eigenvalue weighted by Gasteiger charge is 2.12. The zero-order valence-electron chi connectivity index (χ0n) is 17.2. The first kappa shape index (κ1) is 20.6. The Labute approximate surface area is 185 Å². The summed E-state index contributed by atoms with van der Waals surface area (Å²) in [7, 11) is 0. The van der Waals surface area contributed by atoms with Crippen molar-refractivity contribution in [3.05, 3.63) is 102 Å². The fraction of sp³-hybridized carbons (Fsp3) is 0.0800. The van der Waals surface area contributed by atoms with Gasteiger partial charge in [-0.05, 0) is 61.9 Å². The van der Waals surface area contributed by atoms with E-state index in [1.54, 1.807) is 36.7 Å². The molecular weight excluding hydrogens is 406 g/mol. The number of nitrogens with one attached hydrogen (secondary N) is 1. The zero-order valence-corrected chi connectivity index (χ0v) is 18.0. The van der Waals surface area contributed by atoms with Gasteiger partial charge in [0.15, 0.2) is 5.03 Å². The predicted octanol–water partition coefficient (Wildman–Crippen LogP) is 6.29. The van der Waals surface area contributed by atoms with Crippen LogP contribution in [-0.4, -0.2) is 15.9 Å². The minimum absolute atomic E-state index is 0.168.